The molecule has 0 saturated carbocycles. The maximum absolute atomic E-state index is 7.04. The Morgan fingerprint density at radius 2 is 1.72 bits per heavy atom. The first-order valence-corrected chi connectivity index (χ1v) is 6.49. The average Bonchev–Trinajstić information content (AvgIpc) is 2.47. The normalized spacial score (nSPS) is 16.6. The Morgan fingerprint density at radius 3 is 2.50 bits per heavy atom. The van der Waals surface area contributed by atoms with E-state index in [1.165, 1.54) is 29.2 Å². The van der Waals surface area contributed by atoms with Crippen molar-refractivity contribution in [3.05, 3.63) is 53.4 Å². The van der Waals surface area contributed by atoms with E-state index in [9.17, 15) is 0 Å². The summed E-state index contributed by atoms with van der Waals surface area (Å²) in [7, 11) is 0. The van der Waals surface area contributed by atoms with E-state index in [0.717, 1.165) is 18.8 Å². The van der Waals surface area contributed by atoms with Crippen molar-refractivity contribution >= 4 is 16.5 Å². The van der Waals surface area contributed by atoms with E-state index >= 15 is 0 Å². The summed E-state index contributed by atoms with van der Waals surface area (Å²) < 4.78 is 0. The van der Waals surface area contributed by atoms with Gasteiger partial charge in [0.05, 0.1) is 6.57 Å². The number of hydrogen-bond donors (Lipinski definition) is 1. The van der Waals surface area contributed by atoms with Crippen molar-refractivity contribution in [1.29, 1.82) is 0 Å². The summed E-state index contributed by atoms with van der Waals surface area (Å²) in [6.07, 6.45) is 2.46. The van der Waals surface area contributed by atoms with Gasteiger partial charge in [-0.05, 0) is 54.3 Å². The standard InChI is InChI=1S/C16H16N2/c1-17-16-5-4-14-10-13(2-3-15(14)11-16)12-6-8-18-9-7-12/h2-5,10-12,18H,6-9H2. The topological polar surface area (TPSA) is 16.4 Å². The maximum Gasteiger partial charge on any atom is 0.187 e. The SMILES string of the molecule is [C-]#[N+]c1ccc2cc(C3CCNCC3)ccc2c1. The van der Waals surface area contributed by atoms with Crippen LogP contribution in [0.2, 0.25) is 0 Å². The van der Waals surface area contributed by atoms with Gasteiger partial charge in [-0.15, -0.1) is 0 Å². The quantitative estimate of drug-likeness (QED) is 0.744. The van der Waals surface area contributed by atoms with Crippen molar-refractivity contribution in [2.75, 3.05) is 13.1 Å². The van der Waals surface area contributed by atoms with E-state index < -0.39 is 0 Å². The number of piperidine rings is 1. The number of hydrogen-bond acceptors (Lipinski definition) is 1. The van der Waals surface area contributed by atoms with Crippen LogP contribution in [0.5, 0.6) is 0 Å². The van der Waals surface area contributed by atoms with E-state index in [1.807, 2.05) is 12.1 Å². The van der Waals surface area contributed by atoms with E-state index in [0.29, 0.717) is 5.92 Å². The van der Waals surface area contributed by atoms with E-state index in [-0.39, 0.29) is 0 Å². The molecule has 0 aromatic heterocycles. The molecule has 1 heterocycles. The lowest BCUT2D eigenvalue weighted by molar-refractivity contribution is 0.460. The van der Waals surface area contributed by atoms with Crippen molar-refractivity contribution in [3.63, 3.8) is 0 Å². The molecule has 0 spiro atoms. The molecule has 1 aliphatic rings. The fourth-order valence-electron chi connectivity index (χ4n) is 2.73. The number of nitrogens with one attached hydrogen (secondary N) is 1. The molecule has 0 bridgehead atoms. The summed E-state index contributed by atoms with van der Waals surface area (Å²) in [5.74, 6) is 0.691. The summed E-state index contributed by atoms with van der Waals surface area (Å²) in [5, 5.41) is 5.82. The molecule has 0 amide bonds. The first-order chi connectivity index (χ1) is 8.86. The van der Waals surface area contributed by atoms with Gasteiger partial charge in [-0.2, -0.15) is 0 Å². The summed E-state index contributed by atoms with van der Waals surface area (Å²) in [5.41, 5.74) is 2.16. The zero-order chi connectivity index (χ0) is 12.4. The predicted molar refractivity (Wildman–Crippen MR) is 75.1 cm³/mol. The van der Waals surface area contributed by atoms with Gasteiger partial charge < -0.3 is 5.32 Å². The third kappa shape index (κ3) is 2.10. The van der Waals surface area contributed by atoms with E-state index in [2.05, 4.69) is 34.4 Å². The van der Waals surface area contributed by atoms with E-state index in [4.69, 9.17) is 6.57 Å². The van der Waals surface area contributed by atoms with Crippen LogP contribution in [0.4, 0.5) is 5.69 Å². The summed E-state index contributed by atoms with van der Waals surface area (Å²) in [4.78, 5) is 3.47. The molecule has 90 valence electrons. The Bertz CT molecular complexity index is 604. The summed E-state index contributed by atoms with van der Waals surface area (Å²) in [6, 6.07) is 12.6. The van der Waals surface area contributed by atoms with Crippen LogP contribution in [0.1, 0.15) is 24.3 Å². The average molecular weight is 236 g/mol. The van der Waals surface area contributed by atoms with Crippen LogP contribution in [-0.2, 0) is 0 Å². The van der Waals surface area contributed by atoms with Crippen LogP contribution in [-0.4, -0.2) is 13.1 Å². The highest BCUT2D eigenvalue weighted by Gasteiger charge is 2.15. The molecule has 18 heavy (non-hydrogen) atoms. The molecule has 0 aliphatic carbocycles. The largest absolute Gasteiger partial charge is 0.317 e. The van der Waals surface area contributed by atoms with Gasteiger partial charge in [0.25, 0.3) is 0 Å². The van der Waals surface area contributed by atoms with Gasteiger partial charge in [-0.1, -0.05) is 30.3 Å². The fraction of sp³-hybridized carbons (Fsp3) is 0.312. The molecule has 2 nitrogen and oxygen atoms in total. The van der Waals surface area contributed by atoms with Crippen LogP contribution in [0.25, 0.3) is 15.6 Å². The van der Waals surface area contributed by atoms with Crippen LogP contribution in [0.3, 0.4) is 0 Å². The highest BCUT2D eigenvalue weighted by Crippen LogP contribution is 2.29. The predicted octanol–water partition coefficient (Wildman–Crippen LogP) is 3.86. The highest BCUT2D eigenvalue weighted by atomic mass is 14.9. The zero-order valence-electron chi connectivity index (χ0n) is 10.3. The molecule has 2 aromatic rings. The molecule has 3 rings (SSSR count). The van der Waals surface area contributed by atoms with Gasteiger partial charge in [0, 0.05) is 0 Å². The van der Waals surface area contributed by atoms with Crippen molar-refractivity contribution in [1.82, 2.24) is 5.32 Å². The van der Waals surface area contributed by atoms with E-state index in [1.54, 1.807) is 0 Å². The van der Waals surface area contributed by atoms with Crippen molar-refractivity contribution in [2.45, 2.75) is 18.8 Å². The van der Waals surface area contributed by atoms with Gasteiger partial charge in [-0.25, -0.2) is 4.85 Å². The lowest BCUT2D eigenvalue weighted by Gasteiger charge is -2.23. The van der Waals surface area contributed by atoms with Crippen LogP contribution in [0.15, 0.2) is 36.4 Å². The molecular weight excluding hydrogens is 220 g/mol. The van der Waals surface area contributed by atoms with Crippen molar-refractivity contribution in [2.24, 2.45) is 0 Å². The summed E-state index contributed by atoms with van der Waals surface area (Å²) >= 11 is 0. The second-order valence-corrected chi connectivity index (χ2v) is 4.93. The van der Waals surface area contributed by atoms with Crippen molar-refractivity contribution in [3.8, 4) is 0 Å². The minimum absolute atomic E-state index is 0.691. The Labute approximate surface area is 107 Å². The minimum atomic E-state index is 0.691. The van der Waals surface area contributed by atoms with Gasteiger partial charge in [-0.3, -0.25) is 0 Å². The molecule has 1 N–H and O–H groups in total. The first-order valence-electron chi connectivity index (χ1n) is 6.49. The van der Waals surface area contributed by atoms with Gasteiger partial charge in [0.1, 0.15) is 0 Å². The lowest BCUT2D eigenvalue weighted by atomic mass is 9.89. The highest BCUT2D eigenvalue weighted by molar-refractivity contribution is 5.86. The number of benzene rings is 2. The second-order valence-electron chi connectivity index (χ2n) is 4.93. The first kappa shape index (κ1) is 11.3. The fourth-order valence-corrected chi connectivity index (χ4v) is 2.73. The van der Waals surface area contributed by atoms with Gasteiger partial charge in [0.15, 0.2) is 5.69 Å². The second kappa shape index (κ2) is 4.80. The molecule has 1 fully saturated rings. The Balaban J connectivity index is 1.98. The minimum Gasteiger partial charge on any atom is -0.317 e. The zero-order valence-corrected chi connectivity index (χ0v) is 10.3. The number of fused-ring (bicyclic) bond motifs is 1. The van der Waals surface area contributed by atoms with Gasteiger partial charge >= 0.3 is 0 Å². The number of rotatable bonds is 1. The smallest absolute Gasteiger partial charge is 0.187 e. The Kier molecular flexibility index (Phi) is 3.00. The van der Waals surface area contributed by atoms with Crippen LogP contribution >= 0.6 is 0 Å². The van der Waals surface area contributed by atoms with Crippen molar-refractivity contribution < 1.29 is 0 Å². The third-order valence-electron chi connectivity index (χ3n) is 3.79. The molecule has 0 unspecified atom stereocenters. The molecule has 1 aliphatic heterocycles. The molecular formula is C16H16N2. The third-order valence-corrected chi connectivity index (χ3v) is 3.79. The van der Waals surface area contributed by atoms with Crippen LogP contribution in [0, 0.1) is 6.57 Å². The van der Waals surface area contributed by atoms with Crippen LogP contribution < -0.4 is 5.32 Å². The van der Waals surface area contributed by atoms with Gasteiger partial charge in [0.2, 0.25) is 0 Å². The maximum atomic E-state index is 7.04. The molecule has 1 saturated heterocycles. The number of nitrogens with zero attached hydrogens (tertiary/aromatic N) is 1. The molecule has 0 radical (unpaired) electrons. The molecule has 2 aromatic carbocycles. The lowest BCUT2D eigenvalue weighted by Crippen LogP contribution is -2.26. The Hall–Kier alpha value is -1.85. The monoisotopic (exact) mass is 236 g/mol. The summed E-state index contributed by atoms with van der Waals surface area (Å²) in [6.45, 7) is 9.29. The Morgan fingerprint density at radius 1 is 1.00 bits per heavy atom. The molecule has 2 heteroatoms. The molecule has 0 atom stereocenters.